The lowest BCUT2D eigenvalue weighted by Gasteiger charge is -2.25. The maximum absolute atomic E-state index is 14.0. The lowest BCUT2D eigenvalue weighted by Crippen LogP contribution is -2.40. The van der Waals surface area contributed by atoms with E-state index in [0.29, 0.717) is 33.2 Å². The van der Waals surface area contributed by atoms with Crippen molar-refractivity contribution in [3.05, 3.63) is 119 Å². The maximum Gasteiger partial charge on any atom is 0.280 e. The molecule has 0 spiro atoms. The number of nitro benzene ring substituents is 1. The molecule has 3 heterocycles. The molecule has 206 valence electrons. The fourth-order valence-corrected chi connectivity index (χ4v) is 5.86. The first kappa shape index (κ1) is 26.0. The summed E-state index contributed by atoms with van der Waals surface area (Å²) >= 11 is 1.08. The number of ether oxygens (including phenoxy) is 3. The molecule has 1 aromatic heterocycles. The second-order valence-electron chi connectivity index (χ2n) is 9.20. The number of carbonyl (C=O) groups excluding carboxylic acids is 1. The molecule has 12 heteroatoms. The Bertz CT molecular complexity index is 1930. The predicted octanol–water partition coefficient (Wildman–Crippen LogP) is 3.52. The summed E-state index contributed by atoms with van der Waals surface area (Å²) in [6.45, 7) is 1.67. The van der Waals surface area contributed by atoms with Gasteiger partial charge in [0.25, 0.3) is 17.2 Å². The van der Waals surface area contributed by atoms with Gasteiger partial charge in [-0.15, -0.1) is 0 Å². The Balaban J connectivity index is 1.53. The van der Waals surface area contributed by atoms with Crippen LogP contribution in [0.1, 0.15) is 24.1 Å². The van der Waals surface area contributed by atoms with Gasteiger partial charge in [0.1, 0.15) is 5.75 Å². The number of benzene rings is 3. The number of allylic oxidation sites excluding steroid dienone is 1. The highest BCUT2D eigenvalue weighted by Crippen LogP contribution is 2.38. The minimum Gasteiger partial charge on any atom is -0.497 e. The zero-order chi connectivity index (χ0) is 28.7. The highest BCUT2D eigenvalue weighted by atomic mass is 32.1. The number of hydrogen-bond donors (Lipinski definition) is 1. The van der Waals surface area contributed by atoms with Crippen LogP contribution in [0.15, 0.2) is 87.8 Å². The molecule has 41 heavy (non-hydrogen) atoms. The van der Waals surface area contributed by atoms with Gasteiger partial charge in [0.15, 0.2) is 16.3 Å². The van der Waals surface area contributed by atoms with E-state index >= 15 is 0 Å². The van der Waals surface area contributed by atoms with Gasteiger partial charge in [-0.3, -0.25) is 24.3 Å². The summed E-state index contributed by atoms with van der Waals surface area (Å²) in [5, 5.41) is 14.7. The molecule has 0 saturated heterocycles. The molecular weight excluding hydrogens is 548 g/mol. The Morgan fingerprint density at radius 3 is 2.63 bits per heavy atom. The summed E-state index contributed by atoms with van der Waals surface area (Å²) < 4.78 is 17.7. The van der Waals surface area contributed by atoms with Crippen molar-refractivity contribution in [2.24, 2.45) is 4.99 Å². The number of anilines is 1. The van der Waals surface area contributed by atoms with Gasteiger partial charge < -0.3 is 19.5 Å². The van der Waals surface area contributed by atoms with Gasteiger partial charge in [-0.05, 0) is 48.9 Å². The smallest absolute Gasteiger partial charge is 0.280 e. The molecule has 1 amide bonds. The Kier molecular flexibility index (Phi) is 6.59. The van der Waals surface area contributed by atoms with Crippen LogP contribution in [0.3, 0.4) is 0 Å². The molecule has 4 aromatic rings. The lowest BCUT2D eigenvalue weighted by atomic mass is 9.95. The molecule has 0 unspecified atom stereocenters. The topological polar surface area (TPSA) is 134 Å². The van der Waals surface area contributed by atoms with Gasteiger partial charge in [-0.2, -0.15) is 0 Å². The van der Waals surface area contributed by atoms with E-state index < -0.39 is 22.4 Å². The molecule has 2 aliphatic rings. The van der Waals surface area contributed by atoms with Gasteiger partial charge in [0, 0.05) is 5.69 Å². The first-order chi connectivity index (χ1) is 19.8. The summed E-state index contributed by atoms with van der Waals surface area (Å²) in [6.07, 6.45) is 1.44. The number of nitro groups is 1. The van der Waals surface area contributed by atoms with Crippen molar-refractivity contribution in [2.45, 2.75) is 13.0 Å². The first-order valence-corrected chi connectivity index (χ1v) is 13.3. The average molecular weight is 571 g/mol. The van der Waals surface area contributed by atoms with Crippen LogP contribution in [-0.2, 0) is 4.79 Å². The number of nitrogens with zero attached hydrogens (tertiary/aromatic N) is 3. The van der Waals surface area contributed by atoms with Crippen molar-refractivity contribution in [1.29, 1.82) is 0 Å². The van der Waals surface area contributed by atoms with Crippen molar-refractivity contribution in [3.63, 3.8) is 0 Å². The average Bonchev–Trinajstić information content (AvgIpc) is 3.55. The van der Waals surface area contributed by atoms with Crippen molar-refractivity contribution in [3.8, 4) is 17.2 Å². The van der Waals surface area contributed by atoms with Crippen LogP contribution in [0.25, 0.3) is 6.08 Å². The van der Waals surface area contributed by atoms with Crippen LogP contribution in [0, 0.1) is 10.1 Å². The van der Waals surface area contributed by atoms with Crippen molar-refractivity contribution in [1.82, 2.24) is 4.57 Å². The molecule has 6 rings (SSSR count). The number of carbonyl (C=O) groups is 1. The quantitative estimate of drug-likeness (QED) is 0.277. The zero-order valence-electron chi connectivity index (χ0n) is 21.8. The molecule has 0 aliphatic carbocycles. The minimum atomic E-state index is -0.834. The van der Waals surface area contributed by atoms with Gasteiger partial charge in [0.05, 0.1) is 45.5 Å². The first-order valence-electron chi connectivity index (χ1n) is 12.4. The van der Waals surface area contributed by atoms with E-state index in [9.17, 15) is 19.7 Å². The normalized spacial score (nSPS) is 15.8. The van der Waals surface area contributed by atoms with Gasteiger partial charge in [-0.1, -0.05) is 41.7 Å². The Hall–Kier alpha value is -5.23. The summed E-state index contributed by atoms with van der Waals surface area (Å²) in [4.78, 5) is 43.9. The molecule has 1 atom stereocenters. The number of aromatic nitrogens is 1. The summed E-state index contributed by atoms with van der Waals surface area (Å²) in [5.41, 5.74) is 1.45. The molecule has 0 radical (unpaired) electrons. The monoisotopic (exact) mass is 570 g/mol. The Labute approximate surface area is 236 Å². The second-order valence-corrected chi connectivity index (χ2v) is 10.2. The van der Waals surface area contributed by atoms with E-state index in [1.807, 2.05) is 12.1 Å². The van der Waals surface area contributed by atoms with Crippen LogP contribution in [-0.4, -0.2) is 29.3 Å². The maximum atomic E-state index is 14.0. The molecule has 1 N–H and O–H groups in total. The fraction of sp³-hybridized carbons (Fsp3) is 0.138. The molecule has 0 saturated carbocycles. The van der Waals surface area contributed by atoms with E-state index in [1.54, 1.807) is 49.4 Å². The number of amides is 1. The van der Waals surface area contributed by atoms with Crippen molar-refractivity contribution >= 4 is 34.7 Å². The van der Waals surface area contributed by atoms with E-state index in [-0.39, 0.29) is 33.9 Å². The number of hydrogen-bond acceptors (Lipinski definition) is 9. The molecule has 3 aromatic carbocycles. The molecular formula is C29H22N4O7S. The molecule has 0 fully saturated rings. The number of rotatable bonds is 6. The van der Waals surface area contributed by atoms with Crippen molar-refractivity contribution in [2.75, 3.05) is 19.2 Å². The predicted molar refractivity (Wildman–Crippen MR) is 151 cm³/mol. The number of para-hydroxylation sites is 1. The molecule has 11 nitrogen and oxygen atoms in total. The largest absolute Gasteiger partial charge is 0.497 e. The van der Waals surface area contributed by atoms with E-state index in [4.69, 9.17) is 14.2 Å². The zero-order valence-corrected chi connectivity index (χ0v) is 22.6. The number of nitrogens with one attached hydrogen (secondary N) is 1. The number of thiazole rings is 1. The lowest BCUT2D eigenvalue weighted by molar-refractivity contribution is -0.385. The van der Waals surface area contributed by atoms with Gasteiger partial charge in [0.2, 0.25) is 6.79 Å². The SMILES string of the molecule is COc1cccc([C@@H]2C(C(=O)Nc3ccccc3)=C(C)N=c3s/c(=C\c4cc5c(cc4[N+](=O)[O-])OCO5)c(=O)n32)c1. The third-order valence-corrected chi connectivity index (χ3v) is 7.70. The summed E-state index contributed by atoms with van der Waals surface area (Å²) in [7, 11) is 1.53. The highest BCUT2D eigenvalue weighted by Gasteiger charge is 2.33. The molecule has 2 aliphatic heterocycles. The van der Waals surface area contributed by atoms with E-state index in [0.717, 1.165) is 11.3 Å². The minimum absolute atomic E-state index is 0.0498. The van der Waals surface area contributed by atoms with E-state index in [2.05, 4.69) is 10.3 Å². The fourth-order valence-electron chi connectivity index (χ4n) is 4.82. The van der Waals surface area contributed by atoms with Gasteiger partial charge >= 0.3 is 0 Å². The van der Waals surface area contributed by atoms with Gasteiger partial charge in [-0.25, -0.2) is 4.99 Å². The third-order valence-electron chi connectivity index (χ3n) is 6.71. The standard InChI is InChI=1S/C29H22N4O7S/c1-16-25(27(34)31-19-8-4-3-5-9-19)26(17-7-6-10-20(11-17)38-2)32-28(35)24(41-29(32)30-16)13-18-12-22-23(40-15-39-22)14-21(18)33(36)37/h3-14,26H,15H2,1-2H3,(H,31,34)/b24-13-/t26-/m1/s1. The van der Waals surface area contributed by atoms with Crippen molar-refractivity contribution < 1.29 is 23.9 Å². The summed E-state index contributed by atoms with van der Waals surface area (Å²) in [6, 6.07) is 18.0. The Morgan fingerprint density at radius 1 is 1.15 bits per heavy atom. The van der Waals surface area contributed by atoms with Crippen LogP contribution >= 0.6 is 11.3 Å². The Morgan fingerprint density at radius 2 is 1.90 bits per heavy atom. The third kappa shape index (κ3) is 4.74. The molecule has 0 bridgehead atoms. The summed E-state index contributed by atoms with van der Waals surface area (Å²) in [5.74, 6) is 0.752. The van der Waals surface area contributed by atoms with Crippen LogP contribution in [0.4, 0.5) is 11.4 Å². The highest BCUT2D eigenvalue weighted by molar-refractivity contribution is 7.07. The van der Waals surface area contributed by atoms with Crippen LogP contribution in [0.5, 0.6) is 17.2 Å². The number of methoxy groups -OCH3 is 1. The van der Waals surface area contributed by atoms with E-state index in [1.165, 1.54) is 29.9 Å². The van der Waals surface area contributed by atoms with Crippen LogP contribution < -0.4 is 34.4 Å². The second kappa shape index (κ2) is 10.4. The number of fused-ring (bicyclic) bond motifs is 2. The van der Waals surface area contributed by atoms with Crippen LogP contribution in [0.2, 0.25) is 0 Å².